The molecule has 1 amide bonds. The van der Waals surface area contributed by atoms with Crippen molar-refractivity contribution >= 4 is 5.91 Å². The van der Waals surface area contributed by atoms with Gasteiger partial charge < -0.3 is 9.42 Å². The topological polar surface area (TPSA) is 85.0 Å². The second-order valence-corrected chi connectivity index (χ2v) is 6.45. The van der Waals surface area contributed by atoms with Crippen molar-refractivity contribution in [3.05, 3.63) is 59.9 Å². The molecule has 7 heteroatoms. The lowest BCUT2D eigenvalue weighted by Gasteiger charge is -2.30. The van der Waals surface area contributed by atoms with Crippen LogP contribution in [0.1, 0.15) is 40.6 Å². The molecule has 4 heterocycles. The molecule has 0 unspecified atom stereocenters. The number of carbonyl (C=O) groups is 1. The zero-order chi connectivity index (χ0) is 17.9. The molecule has 1 aliphatic rings. The highest BCUT2D eigenvalue weighted by atomic mass is 16.5. The highest BCUT2D eigenvalue weighted by molar-refractivity contribution is 5.94. The largest absolute Gasteiger partial charge is 0.339 e. The van der Waals surface area contributed by atoms with Gasteiger partial charge in [-0.05, 0) is 44.0 Å². The lowest BCUT2D eigenvalue weighted by molar-refractivity contribution is 0.0710. The first-order valence-electron chi connectivity index (χ1n) is 8.66. The number of hydrogen-bond acceptors (Lipinski definition) is 6. The van der Waals surface area contributed by atoms with E-state index in [4.69, 9.17) is 4.52 Å². The van der Waals surface area contributed by atoms with Crippen LogP contribution in [-0.4, -0.2) is 44.0 Å². The fourth-order valence-electron chi connectivity index (χ4n) is 3.13. The lowest BCUT2D eigenvalue weighted by atomic mass is 9.95. The van der Waals surface area contributed by atoms with Crippen LogP contribution in [0.4, 0.5) is 0 Å². The van der Waals surface area contributed by atoms with E-state index < -0.39 is 0 Å². The Morgan fingerprint density at radius 1 is 1.15 bits per heavy atom. The van der Waals surface area contributed by atoms with E-state index in [1.54, 1.807) is 18.6 Å². The summed E-state index contributed by atoms with van der Waals surface area (Å²) in [6, 6.07) is 7.37. The van der Waals surface area contributed by atoms with E-state index in [1.165, 1.54) is 0 Å². The summed E-state index contributed by atoms with van der Waals surface area (Å²) in [4.78, 5) is 27.2. The Labute approximate surface area is 151 Å². The number of nitrogens with zero attached hydrogens (tertiary/aromatic N) is 5. The van der Waals surface area contributed by atoms with E-state index in [9.17, 15) is 4.79 Å². The van der Waals surface area contributed by atoms with Gasteiger partial charge in [-0.2, -0.15) is 4.98 Å². The molecule has 1 aliphatic heterocycles. The summed E-state index contributed by atoms with van der Waals surface area (Å²) in [5.41, 5.74) is 2.40. The standard InChI is InChI=1S/C19H19N5O2/c1-13-2-3-16(12-21-13)19(25)24-10-6-14(7-11-24)17-22-18(26-23-17)15-4-8-20-9-5-15/h2-5,8-9,12,14H,6-7,10-11H2,1H3. The minimum absolute atomic E-state index is 0.0292. The maximum absolute atomic E-state index is 12.6. The number of aromatic nitrogens is 4. The average Bonchev–Trinajstić information content (AvgIpc) is 3.19. The summed E-state index contributed by atoms with van der Waals surface area (Å²) in [6.45, 7) is 3.26. The van der Waals surface area contributed by atoms with Crippen LogP contribution in [0.5, 0.6) is 0 Å². The summed E-state index contributed by atoms with van der Waals surface area (Å²) in [6.07, 6.45) is 6.68. The van der Waals surface area contributed by atoms with Gasteiger partial charge in [0.25, 0.3) is 11.8 Å². The summed E-state index contributed by atoms with van der Waals surface area (Å²) in [5, 5.41) is 4.13. The molecule has 0 aromatic carbocycles. The Morgan fingerprint density at radius 3 is 2.62 bits per heavy atom. The molecule has 0 atom stereocenters. The molecule has 0 saturated carbocycles. The van der Waals surface area contributed by atoms with E-state index in [2.05, 4.69) is 20.1 Å². The first-order valence-corrected chi connectivity index (χ1v) is 8.66. The molecule has 132 valence electrons. The van der Waals surface area contributed by atoms with Crippen LogP contribution < -0.4 is 0 Å². The normalized spacial score (nSPS) is 15.2. The van der Waals surface area contributed by atoms with Crippen molar-refractivity contribution in [2.45, 2.75) is 25.7 Å². The predicted molar refractivity (Wildman–Crippen MR) is 94.4 cm³/mol. The van der Waals surface area contributed by atoms with Gasteiger partial charge in [0.05, 0.1) is 5.56 Å². The number of amides is 1. The number of piperidine rings is 1. The van der Waals surface area contributed by atoms with Crippen molar-refractivity contribution < 1.29 is 9.32 Å². The summed E-state index contributed by atoms with van der Waals surface area (Å²) < 4.78 is 5.38. The molecule has 0 aliphatic carbocycles. The monoisotopic (exact) mass is 349 g/mol. The fraction of sp³-hybridized carbons (Fsp3) is 0.316. The molecular formula is C19H19N5O2. The summed E-state index contributed by atoms with van der Waals surface area (Å²) in [7, 11) is 0. The molecule has 26 heavy (non-hydrogen) atoms. The maximum atomic E-state index is 12.6. The van der Waals surface area contributed by atoms with E-state index in [0.29, 0.717) is 30.4 Å². The molecule has 7 nitrogen and oxygen atoms in total. The second-order valence-electron chi connectivity index (χ2n) is 6.45. The van der Waals surface area contributed by atoms with Crippen LogP contribution in [0.2, 0.25) is 0 Å². The predicted octanol–water partition coefficient (Wildman–Crippen LogP) is 2.85. The quantitative estimate of drug-likeness (QED) is 0.723. The summed E-state index contributed by atoms with van der Waals surface area (Å²) >= 11 is 0. The maximum Gasteiger partial charge on any atom is 0.258 e. The smallest absolute Gasteiger partial charge is 0.258 e. The first-order chi connectivity index (χ1) is 12.7. The molecule has 3 aromatic rings. The Balaban J connectivity index is 1.40. The molecular weight excluding hydrogens is 330 g/mol. The number of likely N-dealkylation sites (tertiary alicyclic amines) is 1. The fourth-order valence-corrected chi connectivity index (χ4v) is 3.13. The average molecular weight is 349 g/mol. The molecule has 4 rings (SSSR count). The Morgan fingerprint density at radius 2 is 1.92 bits per heavy atom. The van der Waals surface area contributed by atoms with Gasteiger partial charge >= 0.3 is 0 Å². The zero-order valence-corrected chi connectivity index (χ0v) is 14.5. The minimum Gasteiger partial charge on any atom is -0.339 e. The molecule has 0 bridgehead atoms. The third kappa shape index (κ3) is 3.33. The first kappa shape index (κ1) is 16.4. The van der Waals surface area contributed by atoms with Crippen molar-refractivity contribution in [3.63, 3.8) is 0 Å². The van der Waals surface area contributed by atoms with Gasteiger partial charge in [0.15, 0.2) is 5.82 Å². The number of rotatable bonds is 3. The van der Waals surface area contributed by atoms with E-state index in [1.807, 2.05) is 36.1 Å². The zero-order valence-electron chi connectivity index (χ0n) is 14.5. The molecule has 0 radical (unpaired) electrons. The molecule has 3 aromatic heterocycles. The highest BCUT2D eigenvalue weighted by Crippen LogP contribution is 2.28. The van der Waals surface area contributed by atoms with Gasteiger partial charge in [-0.3, -0.25) is 14.8 Å². The van der Waals surface area contributed by atoms with Crippen molar-refractivity contribution in [2.24, 2.45) is 0 Å². The molecule has 1 fully saturated rings. The van der Waals surface area contributed by atoms with Crippen LogP contribution in [0.15, 0.2) is 47.4 Å². The molecule has 0 spiro atoms. The number of carbonyl (C=O) groups excluding carboxylic acids is 1. The third-order valence-corrected chi connectivity index (χ3v) is 4.67. The number of hydrogen-bond donors (Lipinski definition) is 0. The lowest BCUT2D eigenvalue weighted by Crippen LogP contribution is -2.38. The number of aryl methyl sites for hydroxylation is 1. The van der Waals surface area contributed by atoms with Crippen molar-refractivity contribution in [2.75, 3.05) is 13.1 Å². The van der Waals surface area contributed by atoms with Crippen LogP contribution in [-0.2, 0) is 0 Å². The highest BCUT2D eigenvalue weighted by Gasteiger charge is 2.27. The van der Waals surface area contributed by atoms with E-state index in [0.717, 1.165) is 24.1 Å². The van der Waals surface area contributed by atoms with Crippen LogP contribution in [0.25, 0.3) is 11.5 Å². The van der Waals surface area contributed by atoms with Crippen molar-refractivity contribution in [1.82, 2.24) is 25.0 Å². The van der Waals surface area contributed by atoms with Gasteiger partial charge in [0.1, 0.15) is 0 Å². The van der Waals surface area contributed by atoms with E-state index >= 15 is 0 Å². The van der Waals surface area contributed by atoms with Crippen LogP contribution in [0.3, 0.4) is 0 Å². The van der Waals surface area contributed by atoms with Crippen LogP contribution in [0, 0.1) is 6.92 Å². The molecule has 1 saturated heterocycles. The van der Waals surface area contributed by atoms with Gasteiger partial charge in [0, 0.05) is 48.9 Å². The van der Waals surface area contributed by atoms with Gasteiger partial charge in [-0.15, -0.1) is 0 Å². The second kappa shape index (κ2) is 7.03. The van der Waals surface area contributed by atoms with Crippen LogP contribution >= 0.6 is 0 Å². The SMILES string of the molecule is Cc1ccc(C(=O)N2CCC(c3noc(-c4ccncc4)n3)CC2)cn1. The Kier molecular flexibility index (Phi) is 4.43. The summed E-state index contributed by atoms with van der Waals surface area (Å²) in [5.74, 6) is 1.45. The van der Waals surface area contributed by atoms with Gasteiger partial charge in [-0.25, -0.2) is 0 Å². The molecule has 0 N–H and O–H groups in total. The number of pyridine rings is 2. The Hall–Kier alpha value is -3.09. The van der Waals surface area contributed by atoms with Gasteiger partial charge in [-0.1, -0.05) is 5.16 Å². The van der Waals surface area contributed by atoms with Crippen molar-refractivity contribution in [3.8, 4) is 11.5 Å². The third-order valence-electron chi connectivity index (χ3n) is 4.67. The van der Waals surface area contributed by atoms with Gasteiger partial charge in [0.2, 0.25) is 0 Å². The van der Waals surface area contributed by atoms with Crippen molar-refractivity contribution in [1.29, 1.82) is 0 Å². The van der Waals surface area contributed by atoms with E-state index in [-0.39, 0.29) is 11.8 Å². The minimum atomic E-state index is 0.0292. The Bertz CT molecular complexity index is 884.